The summed E-state index contributed by atoms with van der Waals surface area (Å²) in [4.78, 5) is 24.4. The van der Waals surface area contributed by atoms with E-state index in [1.807, 2.05) is 32.0 Å². The number of carbonyl (C=O) groups is 2. The fourth-order valence-electron chi connectivity index (χ4n) is 2.99. The van der Waals surface area contributed by atoms with Gasteiger partial charge in [-0.2, -0.15) is 0 Å². The Morgan fingerprint density at radius 2 is 1.89 bits per heavy atom. The van der Waals surface area contributed by atoms with Crippen LogP contribution in [0.15, 0.2) is 42.5 Å². The van der Waals surface area contributed by atoms with Crippen molar-refractivity contribution in [2.45, 2.75) is 19.9 Å². The Bertz CT molecular complexity index is 857. The van der Waals surface area contributed by atoms with Crippen LogP contribution in [0.3, 0.4) is 0 Å². The van der Waals surface area contributed by atoms with Gasteiger partial charge in [0, 0.05) is 6.54 Å². The zero-order valence-electron chi connectivity index (χ0n) is 15.7. The second kappa shape index (κ2) is 8.81. The van der Waals surface area contributed by atoms with Crippen molar-refractivity contribution in [2.75, 3.05) is 13.2 Å². The fraction of sp³-hybridized carbons (Fsp3) is 0.300. The van der Waals surface area contributed by atoms with Crippen LogP contribution in [-0.2, 0) is 9.59 Å². The van der Waals surface area contributed by atoms with Crippen LogP contribution in [0.5, 0.6) is 5.75 Å². The zero-order chi connectivity index (χ0) is 20.1. The molecule has 1 aliphatic heterocycles. The molecule has 2 aromatic rings. The standard InChI is InChI=1S/C20H23FN4O3/c1-12-3-4-13(2)17(9-12)28-11-18(26)23-25-20(27)16-10-22-24-19(16)14-5-7-15(21)8-6-14/h3-9,16,19,22,24H,10-11H2,1-2H3,(H,23,26)(H,25,27). The lowest BCUT2D eigenvalue weighted by Gasteiger charge is -2.18. The van der Waals surface area contributed by atoms with Gasteiger partial charge in [0.2, 0.25) is 5.91 Å². The number of aryl methyl sites for hydroxylation is 2. The summed E-state index contributed by atoms with van der Waals surface area (Å²) in [5.74, 6) is -1.00. The minimum Gasteiger partial charge on any atom is -0.483 e. The molecule has 0 saturated carbocycles. The summed E-state index contributed by atoms with van der Waals surface area (Å²) in [6.45, 7) is 3.99. The summed E-state index contributed by atoms with van der Waals surface area (Å²) < 4.78 is 18.6. The van der Waals surface area contributed by atoms with Crippen molar-refractivity contribution < 1.29 is 18.7 Å². The molecular formula is C20H23FN4O3. The lowest BCUT2D eigenvalue weighted by molar-refractivity contribution is -0.132. The fourth-order valence-corrected chi connectivity index (χ4v) is 2.99. The Balaban J connectivity index is 1.50. The minimum atomic E-state index is -0.467. The van der Waals surface area contributed by atoms with Gasteiger partial charge in [-0.3, -0.25) is 25.9 Å². The first-order chi connectivity index (χ1) is 13.4. The zero-order valence-corrected chi connectivity index (χ0v) is 15.7. The van der Waals surface area contributed by atoms with Crippen LogP contribution in [0.1, 0.15) is 22.7 Å². The number of hydrogen-bond donors (Lipinski definition) is 4. The van der Waals surface area contributed by atoms with Crippen molar-refractivity contribution in [3.05, 3.63) is 65.0 Å². The number of rotatable bonds is 5. The lowest BCUT2D eigenvalue weighted by atomic mass is 9.94. The van der Waals surface area contributed by atoms with E-state index in [4.69, 9.17) is 4.74 Å². The highest BCUT2D eigenvalue weighted by Crippen LogP contribution is 2.25. The molecular weight excluding hydrogens is 363 g/mol. The van der Waals surface area contributed by atoms with Gasteiger partial charge in [-0.15, -0.1) is 0 Å². The van der Waals surface area contributed by atoms with Crippen molar-refractivity contribution in [3.8, 4) is 5.75 Å². The van der Waals surface area contributed by atoms with E-state index in [2.05, 4.69) is 21.7 Å². The van der Waals surface area contributed by atoms with Gasteiger partial charge in [-0.05, 0) is 48.7 Å². The van der Waals surface area contributed by atoms with Gasteiger partial charge in [-0.1, -0.05) is 24.3 Å². The molecule has 0 radical (unpaired) electrons. The average Bonchev–Trinajstić information content (AvgIpc) is 3.17. The van der Waals surface area contributed by atoms with E-state index < -0.39 is 11.8 Å². The van der Waals surface area contributed by atoms with Crippen molar-refractivity contribution in [1.82, 2.24) is 21.7 Å². The Labute approximate surface area is 162 Å². The van der Waals surface area contributed by atoms with Gasteiger partial charge in [0.05, 0.1) is 12.0 Å². The first kappa shape index (κ1) is 19.8. The van der Waals surface area contributed by atoms with Crippen LogP contribution >= 0.6 is 0 Å². The van der Waals surface area contributed by atoms with Crippen LogP contribution in [0, 0.1) is 25.6 Å². The molecule has 0 spiro atoms. The van der Waals surface area contributed by atoms with Crippen molar-refractivity contribution in [2.24, 2.45) is 5.92 Å². The Morgan fingerprint density at radius 3 is 2.64 bits per heavy atom. The van der Waals surface area contributed by atoms with E-state index in [1.54, 1.807) is 12.1 Å². The van der Waals surface area contributed by atoms with E-state index in [-0.39, 0.29) is 24.4 Å². The van der Waals surface area contributed by atoms with Crippen molar-refractivity contribution in [3.63, 3.8) is 0 Å². The number of hydrogen-bond acceptors (Lipinski definition) is 5. The number of carbonyl (C=O) groups excluding carboxylic acids is 2. The number of amides is 2. The van der Waals surface area contributed by atoms with E-state index in [0.717, 1.165) is 16.7 Å². The molecule has 1 fully saturated rings. The molecule has 2 aromatic carbocycles. The van der Waals surface area contributed by atoms with Gasteiger partial charge < -0.3 is 4.74 Å². The molecule has 2 amide bonds. The van der Waals surface area contributed by atoms with Crippen LogP contribution in [0.2, 0.25) is 0 Å². The molecule has 1 heterocycles. The summed E-state index contributed by atoms with van der Waals surface area (Å²) in [6.07, 6.45) is 0. The predicted molar refractivity (Wildman–Crippen MR) is 101 cm³/mol. The second-order valence-electron chi connectivity index (χ2n) is 6.76. The maximum absolute atomic E-state index is 13.1. The molecule has 0 bridgehead atoms. The smallest absolute Gasteiger partial charge is 0.276 e. The van der Waals surface area contributed by atoms with Crippen LogP contribution in [0.4, 0.5) is 4.39 Å². The molecule has 0 aromatic heterocycles. The average molecular weight is 386 g/mol. The summed E-state index contributed by atoms with van der Waals surface area (Å²) in [5.41, 5.74) is 13.4. The molecule has 7 nitrogen and oxygen atoms in total. The van der Waals surface area contributed by atoms with Crippen molar-refractivity contribution in [1.29, 1.82) is 0 Å². The monoisotopic (exact) mass is 386 g/mol. The highest BCUT2D eigenvalue weighted by atomic mass is 19.1. The van der Waals surface area contributed by atoms with E-state index in [1.165, 1.54) is 12.1 Å². The number of halogens is 1. The molecule has 28 heavy (non-hydrogen) atoms. The molecule has 1 saturated heterocycles. The second-order valence-corrected chi connectivity index (χ2v) is 6.76. The highest BCUT2D eigenvalue weighted by molar-refractivity contribution is 5.84. The Hall–Kier alpha value is -2.97. The largest absolute Gasteiger partial charge is 0.483 e. The third-order valence-electron chi connectivity index (χ3n) is 4.58. The quantitative estimate of drug-likeness (QED) is 0.584. The summed E-state index contributed by atoms with van der Waals surface area (Å²) in [6, 6.07) is 11.3. The Morgan fingerprint density at radius 1 is 1.14 bits per heavy atom. The first-order valence-corrected chi connectivity index (χ1v) is 8.96. The lowest BCUT2D eigenvalue weighted by Crippen LogP contribution is -2.47. The molecule has 0 aliphatic carbocycles. The molecule has 2 atom stereocenters. The summed E-state index contributed by atoms with van der Waals surface area (Å²) in [5, 5.41) is 0. The molecule has 3 rings (SSSR count). The highest BCUT2D eigenvalue weighted by Gasteiger charge is 2.34. The van der Waals surface area contributed by atoms with Crippen LogP contribution in [-0.4, -0.2) is 25.0 Å². The maximum Gasteiger partial charge on any atom is 0.276 e. The molecule has 148 valence electrons. The SMILES string of the molecule is Cc1ccc(C)c(OCC(=O)NNC(=O)C2CNNC2c2ccc(F)cc2)c1. The van der Waals surface area contributed by atoms with E-state index in [9.17, 15) is 14.0 Å². The number of hydrazine groups is 2. The topological polar surface area (TPSA) is 91.5 Å². The summed E-state index contributed by atoms with van der Waals surface area (Å²) in [7, 11) is 0. The third-order valence-corrected chi connectivity index (χ3v) is 4.58. The van der Waals surface area contributed by atoms with Crippen LogP contribution in [0.25, 0.3) is 0 Å². The van der Waals surface area contributed by atoms with Gasteiger partial charge in [0.25, 0.3) is 5.91 Å². The first-order valence-electron chi connectivity index (χ1n) is 8.96. The maximum atomic E-state index is 13.1. The molecule has 8 heteroatoms. The van der Waals surface area contributed by atoms with Crippen molar-refractivity contribution >= 4 is 11.8 Å². The number of ether oxygens (including phenoxy) is 1. The number of benzene rings is 2. The van der Waals surface area contributed by atoms with Gasteiger partial charge in [-0.25, -0.2) is 9.82 Å². The third kappa shape index (κ3) is 4.85. The summed E-state index contributed by atoms with van der Waals surface area (Å²) >= 11 is 0. The number of nitrogens with one attached hydrogen (secondary N) is 4. The van der Waals surface area contributed by atoms with Gasteiger partial charge in [0.1, 0.15) is 11.6 Å². The van der Waals surface area contributed by atoms with E-state index >= 15 is 0 Å². The van der Waals surface area contributed by atoms with E-state index in [0.29, 0.717) is 12.3 Å². The normalized spacial score (nSPS) is 18.5. The van der Waals surface area contributed by atoms with Gasteiger partial charge in [0.15, 0.2) is 6.61 Å². The molecule has 1 aliphatic rings. The molecule has 4 N–H and O–H groups in total. The van der Waals surface area contributed by atoms with Gasteiger partial charge >= 0.3 is 0 Å². The minimum absolute atomic E-state index is 0.215. The molecule has 2 unspecified atom stereocenters. The predicted octanol–water partition coefficient (Wildman–Crippen LogP) is 1.43. The Kier molecular flexibility index (Phi) is 6.23. The van der Waals surface area contributed by atoms with Crippen LogP contribution < -0.4 is 26.4 Å².